The molecular weight excluding hydrogens is 448 g/mol. The molecule has 194 valence electrons. The summed E-state index contributed by atoms with van der Waals surface area (Å²) in [7, 11) is 4.92. The predicted octanol–water partition coefficient (Wildman–Crippen LogP) is 8.33. The monoisotopic (exact) mass is 490 g/mol. The van der Waals surface area contributed by atoms with E-state index >= 15 is 0 Å². The molecule has 2 rings (SSSR count). The minimum atomic E-state index is 0.176. The molecule has 0 aliphatic rings. The van der Waals surface area contributed by atoms with Gasteiger partial charge in [-0.25, -0.2) is 0 Å². The van der Waals surface area contributed by atoms with Crippen molar-refractivity contribution < 1.29 is 19.3 Å². The lowest BCUT2D eigenvalue weighted by Gasteiger charge is -2.14. The van der Waals surface area contributed by atoms with E-state index in [0.717, 1.165) is 53.0 Å². The molecule has 4 heteroatoms. The Kier molecular flexibility index (Phi) is 11.4. The van der Waals surface area contributed by atoms with Crippen LogP contribution >= 0.6 is 0 Å². The average Bonchev–Trinajstić information content (AvgIpc) is 2.84. The van der Waals surface area contributed by atoms with Crippen LogP contribution in [0.5, 0.6) is 23.0 Å². The van der Waals surface area contributed by atoms with Crippen molar-refractivity contribution in [2.75, 3.05) is 21.3 Å². The average molecular weight is 491 g/mol. The van der Waals surface area contributed by atoms with E-state index < -0.39 is 0 Å². The van der Waals surface area contributed by atoms with E-state index in [1.54, 1.807) is 27.4 Å². The second kappa shape index (κ2) is 14.2. The first-order valence-corrected chi connectivity index (χ1v) is 12.4. The van der Waals surface area contributed by atoms with Crippen LogP contribution < -0.4 is 14.2 Å². The summed E-state index contributed by atoms with van der Waals surface area (Å²) >= 11 is 0. The molecule has 0 saturated carbocycles. The van der Waals surface area contributed by atoms with E-state index in [0.29, 0.717) is 12.2 Å². The zero-order valence-electron chi connectivity index (χ0n) is 23.2. The lowest BCUT2D eigenvalue weighted by molar-refractivity contribution is 0.371. The first kappa shape index (κ1) is 28.8. The standard InChI is InChI=1S/C32H42O4/c1-22(2)10-9-11-24(5)13-18-28-26(20-27(34-6)21-31(28)36-8)15-14-25-16-19-30(35-7)32(33)29(25)17-12-23(3)4/h10,12-16,19-21,33H,9,11,17-18H2,1-8H3/b15-14+,24-13+. The minimum Gasteiger partial charge on any atom is -0.504 e. The number of rotatable bonds is 12. The molecule has 0 spiro atoms. The summed E-state index contributed by atoms with van der Waals surface area (Å²) < 4.78 is 16.6. The number of benzene rings is 2. The number of phenolic OH excluding ortho intramolecular Hbond substituents is 1. The van der Waals surface area contributed by atoms with Gasteiger partial charge in [-0.15, -0.1) is 0 Å². The van der Waals surface area contributed by atoms with E-state index in [-0.39, 0.29) is 5.75 Å². The minimum absolute atomic E-state index is 0.176. The lowest BCUT2D eigenvalue weighted by Crippen LogP contribution is -1.97. The van der Waals surface area contributed by atoms with Crippen molar-refractivity contribution in [3.05, 3.63) is 81.5 Å². The van der Waals surface area contributed by atoms with Gasteiger partial charge in [0.2, 0.25) is 0 Å². The highest BCUT2D eigenvalue weighted by Crippen LogP contribution is 2.35. The topological polar surface area (TPSA) is 47.9 Å². The number of aromatic hydroxyl groups is 1. The third-order valence-electron chi connectivity index (χ3n) is 6.08. The van der Waals surface area contributed by atoms with Crippen LogP contribution in [0.4, 0.5) is 0 Å². The predicted molar refractivity (Wildman–Crippen MR) is 152 cm³/mol. The Labute approximate surface area is 217 Å². The first-order valence-electron chi connectivity index (χ1n) is 12.4. The summed E-state index contributed by atoms with van der Waals surface area (Å²) in [5.41, 5.74) is 7.77. The Morgan fingerprint density at radius 2 is 1.36 bits per heavy atom. The summed E-state index contributed by atoms with van der Waals surface area (Å²) in [6.07, 6.45) is 14.2. The Hall–Kier alpha value is -3.40. The molecule has 0 bridgehead atoms. The fourth-order valence-corrected chi connectivity index (χ4v) is 3.93. The van der Waals surface area contributed by atoms with E-state index in [1.165, 1.54) is 16.7 Å². The second-order valence-electron chi connectivity index (χ2n) is 9.48. The normalized spacial score (nSPS) is 11.4. The smallest absolute Gasteiger partial charge is 0.161 e. The highest BCUT2D eigenvalue weighted by molar-refractivity contribution is 5.76. The second-order valence-corrected chi connectivity index (χ2v) is 9.48. The summed E-state index contributed by atoms with van der Waals surface area (Å²) in [5, 5.41) is 10.8. The number of hydrogen-bond acceptors (Lipinski definition) is 4. The molecule has 0 fully saturated rings. The van der Waals surface area contributed by atoms with E-state index in [9.17, 15) is 5.11 Å². The molecule has 0 atom stereocenters. The molecule has 0 heterocycles. The van der Waals surface area contributed by atoms with Gasteiger partial charge < -0.3 is 19.3 Å². The van der Waals surface area contributed by atoms with Gasteiger partial charge >= 0.3 is 0 Å². The number of allylic oxidation sites excluding steroid dienone is 6. The van der Waals surface area contributed by atoms with Crippen molar-refractivity contribution in [3.63, 3.8) is 0 Å². The van der Waals surface area contributed by atoms with Gasteiger partial charge in [-0.1, -0.05) is 53.2 Å². The van der Waals surface area contributed by atoms with Gasteiger partial charge in [0, 0.05) is 17.2 Å². The highest BCUT2D eigenvalue weighted by atomic mass is 16.5. The Morgan fingerprint density at radius 3 is 1.97 bits per heavy atom. The number of phenols is 1. The number of ether oxygens (including phenoxy) is 3. The maximum atomic E-state index is 10.8. The number of hydrogen-bond donors (Lipinski definition) is 1. The maximum absolute atomic E-state index is 10.8. The quantitative estimate of drug-likeness (QED) is 0.240. The van der Waals surface area contributed by atoms with Crippen molar-refractivity contribution in [1.82, 2.24) is 0 Å². The van der Waals surface area contributed by atoms with Gasteiger partial charge in [-0.05, 0) is 83.6 Å². The molecule has 0 saturated heterocycles. The fourth-order valence-electron chi connectivity index (χ4n) is 3.93. The van der Waals surface area contributed by atoms with E-state index in [1.807, 2.05) is 24.3 Å². The summed E-state index contributed by atoms with van der Waals surface area (Å²) in [5.74, 6) is 2.18. The van der Waals surface area contributed by atoms with Crippen molar-refractivity contribution in [1.29, 1.82) is 0 Å². The molecule has 1 N–H and O–H groups in total. The van der Waals surface area contributed by atoms with Crippen molar-refractivity contribution in [2.45, 2.75) is 60.3 Å². The molecule has 36 heavy (non-hydrogen) atoms. The van der Waals surface area contributed by atoms with E-state index in [2.05, 4.69) is 58.9 Å². The number of methoxy groups -OCH3 is 3. The third-order valence-corrected chi connectivity index (χ3v) is 6.08. The van der Waals surface area contributed by atoms with Crippen LogP contribution in [0.3, 0.4) is 0 Å². The van der Waals surface area contributed by atoms with Crippen molar-refractivity contribution >= 4 is 12.2 Å². The van der Waals surface area contributed by atoms with Gasteiger partial charge in [0.15, 0.2) is 11.5 Å². The molecular formula is C32H42O4. The fraction of sp³-hybridized carbons (Fsp3) is 0.375. The maximum Gasteiger partial charge on any atom is 0.161 e. The van der Waals surface area contributed by atoms with Gasteiger partial charge in [0.05, 0.1) is 21.3 Å². The largest absolute Gasteiger partial charge is 0.504 e. The molecule has 0 aliphatic carbocycles. The molecule has 2 aromatic carbocycles. The molecule has 2 aromatic rings. The Morgan fingerprint density at radius 1 is 0.722 bits per heavy atom. The molecule has 0 radical (unpaired) electrons. The highest BCUT2D eigenvalue weighted by Gasteiger charge is 2.13. The van der Waals surface area contributed by atoms with Gasteiger partial charge in [0.1, 0.15) is 11.5 Å². The van der Waals surface area contributed by atoms with Crippen LogP contribution in [-0.4, -0.2) is 26.4 Å². The summed E-state index contributed by atoms with van der Waals surface area (Å²) in [4.78, 5) is 0. The molecule has 4 nitrogen and oxygen atoms in total. The third kappa shape index (κ3) is 8.37. The molecule has 0 aliphatic heterocycles. The zero-order valence-corrected chi connectivity index (χ0v) is 23.2. The summed E-state index contributed by atoms with van der Waals surface area (Å²) in [6.45, 7) is 10.6. The van der Waals surface area contributed by atoms with Gasteiger partial charge in [-0.3, -0.25) is 0 Å². The van der Waals surface area contributed by atoms with Crippen LogP contribution in [0.2, 0.25) is 0 Å². The van der Waals surface area contributed by atoms with Crippen molar-refractivity contribution in [3.8, 4) is 23.0 Å². The Bertz CT molecular complexity index is 1140. The lowest BCUT2D eigenvalue weighted by atomic mass is 9.97. The Balaban J connectivity index is 2.50. The van der Waals surface area contributed by atoms with Crippen molar-refractivity contribution in [2.24, 2.45) is 0 Å². The zero-order chi connectivity index (χ0) is 26.7. The molecule has 0 aromatic heterocycles. The van der Waals surface area contributed by atoms with Crippen LogP contribution in [0.15, 0.2) is 59.2 Å². The van der Waals surface area contributed by atoms with Crippen LogP contribution in [0.1, 0.15) is 69.7 Å². The van der Waals surface area contributed by atoms with Crippen LogP contribution in [0, 0.1) is 0 Å². The van der Waals surface area contributed by atoms with Crippen LogP contribution in [-0.2, 0) is 12.8 Å². The van der Waals surface area contributed by atoms with E-state index in [4.69, 9.17) is 14.2 Å². The molecule has 0 unspecified atom stereocenters. The van der Waals surface area contributed by atoms with Gasteiger partial charge in [0.25, 0.3) is 0 Å². The SMILES string of the molecule is COc1cc(/C=C/c2ccc(OC)c(O)c2CC=C(C)C)c(C/C=C(\C)CCC=C(C)C)c(OC)c1. The van der Waals surface area contributed by atoms with Gasteiger partial charge in [-0.2, -0.15) is 0 Å². The summed E-state index contributed by atoms with van der Waals surface area (Å²) in [6, 6.07) is 7.73. The first-order chi connectivity index (χ1) is 17.2. The molecule has 0 amide bonds. The van der Waals surface area contributed by atoms with Crippen LogP contribution in [0.25, 0.3) is 12.2 Å².